The molecule has 30 heavy (non-hydrogen) atoms. The molecule has 156 valence electrons. The predicted octanol–water partition coefficient (Wildman–Crippen LogP) is 1.58. The minimum Gasteiger partial charge on any atom is -0.450 e. The van der Waals surface area contributed by atoms with Crippen molar-refractivity contribution >= 4 is 29.4 Å². The third-order valence-corrected chi connectivity index (χ3v) is 5.58. The van der Waals surface area contributed by atoms with E-state index in [1.807, 2.05) is 24.3 Å². The maximum absolute atomic E-state index is 12.6. The third-order valence-electron chi connectivity index (χ3n) is 4.68. The number of carbonyl (C=O) groups excluding carboxylic acids is 2. The van der Waals surface area contributed by atoms with Crippen molar-refractivity contribution in [2.45, 2.75) is 11.9 Å². The van der Waals surface area contributed by atoms with Crippen LogP contribution < -0.4 is 0 Å². The van der Waals surface area contributed by atoms with Crippen LogP contribution in [-0.2, 0) is 9.53 Å². The van der Waals surface area contributed by atoms with E-state index < -0.39 is 0 Å². The second-order valence-electron chi connectivity index (χ2n) is 6.56. The number of carbonyl (C=O) groups is 2. The van der Waals surface area contributed by atoms with E-state index in [0.29, 0.717) is 49.3 Å². The maximum Gasteiger partial charge on any atom is 0.409 e. The Bertz CT molecular complexity index is 1040. The largest absolute Gasteiger partial charge is 0.450 e. The number of rotatable bonds is 5. The number of piperazine rings is 1. The summed E-state index contributed by atoms with van der Waals surface area (Å²) in [5.41, 5.74) is 1.50. The van der Waals surface area contributed by atoms with Crippen LogP contribution in [0.4, 0.5) is 4.79 Å². The smallest absolute Gasteiger partial charge is 0.409 e. The monoisotopic (exact) mass is 427 g/mol. The Morgan fingerprint density at radius 1 is 1.03 bits per heavy atom. The number of amides is 2. The summed E-state index contributed by atoms with van der Waals surface area (Å²) in [5, 5.41) is 13.6. The van der Waals surface area contributed by atoms with Gasteiger partial charge in [0.2, 0.25) is 5.91 Å². The lowest BCUT2D eigenvalue weighted by molar-refractivity contribution is -0.129. The molecule has 1 aliphatic heterocycles. The van der Waals surface area contributed by atoms with Crippen molar-refractivity contribution in [3.8, 4) is 11.4 Å². The lowest BCUT2D eigenvalue weighted by Gasteiger charge is -2.34. The molecule has 1 aliphatic rings. The summed E-state index contributed by atoms with van der Waals surface area (Å²) in [6.07, 6.45) is 3.06. The molecule has 0 aliphatic carbocycles. The first-order valence-electron chi connectivity index (χ1n) is 9.61. The Morgan fingerprint density at radius 3 is 2.50 bits per heavy atom. The van der Waals surface area contributed by atoms with Crippen LogP contribution in [0, 0.1) is 0 Å². The zero-order valence-electron chi connectivity index (χ0n) is 16.5. The Morgan fingerprint density at radius 2 is 1.77 bits per heavy atom. The lowest BCUT2D eigenvalue weighted by atomic mass is 10.2. The molecule has 0 radical (unpaired) electrons. The summed E-state index contributed by atoms with van der Waals surface area (Å²) in [4.78, 5) is 31.8. The summed E-state index contributed by atoms with van der Waals surface area (Å²) in [6.45, 7) is 4.09. The topological polar surface area (TPSA) is 106 Å². The summed E-state index contributed by atoms with van der Waals surface area (Å²) in [5.74, 6) is 0.907. The van der Waals surface area contributed by atoms with Gasteiger partial charge >= 0.3 is 6.09 Å². The van der Waals surface area contributed by atoms with Crippen molar-refractivity contribution in [2.75, 3.05) is 38.5 Å². The summed E-state index contributed by atoms with van der Waals surface area (Å²) < 4.78 is 6.67. The van der Waals surface area contributed by atoms with E-state index in [1.54, 1.807) is 33.6 Å². The summed E-state index contributed by atoms with van der Waals surface area (Å²) in [6, 6.07) is 7.35. The van der Waals surface area contributed by atoms with Gasteiger partial charge < -0.3 is 14.5 Å². The van der Waals surface area contributed by atoms with Crippen LogP contribution in [0.25, 0.3) is 17.0 Å². The molecule has 1 fully saturated rings. The van der Waals surface area contributed by atoms with Gasteiger partial charge in [0, 0.05) is 44.1 Å². The van der Waals surface area contributed by atoms with Crippen LogP contribution in [0.2, 0.25) is 0 Å². The first-order chi connectivity index (χ1) is 14.7. The fourth-order valence-corrected chi connectivity index (χ4v) is 3.87. The van der Waals surface area contributed by atoms with E-state index >= 15 is 0 Å². The van der Waals surface area contributed by atoms with Crippen molar-refractivity contribution in [3.05, 3.63) is 36.7 Å². The number of hydrogen-bond acceptors (Lipinski definition) is 8. The molecule has 0 spiro atoms. The van der Waals surface area contributed by atoms with Gasteiger partial charge in [-0.25, -0.2) is 4.79 Å². The minimum atomic E-state index is -0.324. The van der Waals surface area contributed by atoms with E-state index in [9.17, 15) is 9.59 Å². The first-order valence-corrected chi connectivity index (χ1v) is 10.6. The number of hydrogen-bond donors (Lipinski definition) is 0. The van der Waals surface area contributed by atoms with Gasteiger partial charge in [-0.05, 0) is 31.2 Å². The van der Waals surface area contributed by atoms with Gasteiger partial charge in [-0.2, -0.15) is 9.61 Å². The fourth-order valence-electron chi connectivity index (χ4n) is 3.11. The van der Waals surface area contributed by atoms with Gasteiger partial charge in [-0.15, -0.1) is 10.2 Å². The molecule has 2 amide bonds. The lowest BCUT2D eigenvalue weighted by Crippen LogP contribution is -2.51. The second-order valence-corrected chi connectivity index (χ2v) is 7.55. The molecule has 11 heteroatoms. The molecule has 0 N–H and O–H groups in total. The average molecular weight is 427 g/mol. The van der Waals surface area contributed by atoms with Crippen molar-refractivity contribution in [1.82, 2.24) is 34.6 Å². The van der Waals surface area contributed by atoms with Crippen LogP contribution in [0.5, 0.6) is 0 Å². The number of fused-ring (bicyclic) bond motifs is 1. The van der Waals surface area contributed by atoms with Crippen molar-refractivity contribution in [3.63, 3.8) is 0 Å². The molecule has 0 bridgehead atoms. The van der Waals surface area contributed by atoms with Crippen LogP contribution in [0.1, 0.15) is 6.92 Å². The molecule has 1 saturated heterocycles. The second kappa shape index (κ2) is 9.08. The van der Waals surface area contributed by atoms with Crippen molar-refractivity contribution < 1.29 is 14.3 Å². The molecular formula is C19H21N7O3S. The highest BCUT2D eigenvalue weighted by Crippen LogP contribution is 2.20. The zero-order chi connectivity index (χ0) is 20.9. The van der Waals surface area contributed by atoms with Crippen LogP contribution in [0.3, 0.4) is 0 Å². The van der Waals surface area contributed by atoms with Gasteiger partial charge in [-0.1, -0.05) is 11.8 Å². The molecule has 10 nitrogen and oxygen atoms in total. The summed E-state index contributed by atoms with van der Waals surface area (Å²) >= 11 is 1.36. The van der Waals surface area contributed by atoms with E-state index in [0.717, 1.165) is 5.56 Å². The highest BCUT2D eigenvalue weighted by atomic mass is 32.2. The van der Waals surface area contributed by atoms with Gasteiger partial charge in [-0.3, -0.25) is 9.78 Å². The highest BCUT2D eigenvalue weighted by Gasteiger charge is 2.24. The summed E-state index contributed by atoms with van der Waals surface area (Å²) in [7, 11) is 0. The number of thioether (sulfide) groups is 1. The number of ether oxygens (including phenoxy) is 1. The van der Waals surface area contributed by atoms with Crippen molar-refractivity contribution in [1.29, 1.82) is 0 Å². The van der Waals surface area contributed by atoms with E-state index in [2.05, 4.69) is 20.3 Å². The fraction of sp³-hybridized carbons (Fsp3) is 0.368. The minimum absolute atomic E-state index is 0.0171. The average Bonchev–Trinajstić information content (AvgIpc) is 3.21. The predicted molar refractivity (Wildman–Crippen MR) is 110 cm³/mol. The van der Waals surface area contributed by atoms with E-state index in [-0.39, 0.29) is 17.8 Å². The Kier molecular flexibility index (Phi) is 6.07. The van der Waals surface area contributed by atoms with Gasteiger partial charge in [0.15, 0.2) is 11.5 Å². The molecule has 0 saturated carbocycles. The quantitative estimate of drug-likeness (QED) is 0.565. The Balaban J connectivity index is 1.37. The van der Waals surface area contributed by atoms with Crippen molar-refractivity contribution in [2.24, 2.45) is 0 Å². The Hall–Kier alpha value is -3.21. The molecular weight excluding hydrogens is 406 g/mol. The normalized spacial score (nSPS) is 14.2. The van der Waals surface area contributed by atoms with Gasteiger partial charge in [0.05, 0.1) is 12.4 Å². The van der Waals surface area contributed by atoms with Crippen LogP contribution >= 0.6 is 11.8 Å². The molecule has 3 aromatic heterocycles. The van der Waals surface area contributed by atoms with E-state index in [1.165, 1.54) is 11.8 Å². The SMILES string of the molecule is CCOC(=O)N1CCN(C(=O)CSc2ccc3nnc(-c4ccncc4)n3n2)CC1. The third kappa shape index (κ3) is 4.35. The molecule has 3 aromatic rings. The first kappa shape index (κ1) is 20.1. The van der Waals surface area contributed by atoms with Crippen LogP contribution in [-0.4, -0.2) is 85.1 Å². The van der Waals surface area contributed by atoms with Crippen LogP contribution in [0.15, 0.2) is 41.7 Å². The molecule has 0 unspecified atom stereocenters. The Labute approximate surface area is 177 Å². The standard InChI is InChI=1S/C19H21N7O3S/c1-2-29-19(28)25-11-9-24(10-12-25)17(27)13-30-16-4-3-15-21-22-18(26(15)23-16)14-5-7-20-8-6-14/h3-8H,2,9-13H2,1H3. The van der Waals surface area contributed by atoms with Gasteiger partial charge in [0.25, 0.3) is 0 Å². The molecule has 4 rings (SSSR count). The number of nitrogens with zero attached hydrogens (tertiary/aromatic N) is 7. The zero-order valence-corrected chi connectivity index (χ0v) is 17.3. The maximum atomic E-state index is 12.6. The van der Waals surface area contributed by atoms with Gasteiger partial charge in [0.1, 0.15) is 5.03 Å². The van der Waals surface area contributed by atoms with E-state index in [4.69, 9.17) is 4.74 Å². The molecule has 4 heterocycles. The number of aromatic nitrogens is 5. The number of pyridine rings is 1. The highest BCUT2D eigenvalue weighted by molar-refractivity contribution is 7.99. The molecule has 0 aromatic carbocycles. The molecule has 0 atom stereocenters.